The van der Waals surface area contributed by atoms with Crippen LogP contribution in [-0.4, -0.2) is 56.2 Å². The van der Waals surface area contributed by atoms with E-state index in [2.05, 4.69) is 30.0 Å². The van der Waals surface area contributed by atoms with Gasteiger partial charge < -0.3 is 19.3 Å². The molecule has 0 N–H and O–H groups in total. The normalized spacial score (nSPS) is 14.0. The lowest BCUT2D eigenvalue weighted by Gasteiger charge is -2.24. The number of benzene rings is 2. The summed E-state index contributed by atoms with van der Waals surface area (Å²) in [7, 11) is 3.13. The minimum absolute atomic E-state index is 0.0453. The summed E-state index contributed by atoms with van der Waals surface area (Å²) in [6, 6.07) is 13.6. The maximum absolute atomic E-state index is 13.2. The van der Waals surface area contributed by atoms with Gasteiger partial charge in [0, 0.05) is 37.1 Å². The molecule has 1 aliphatic heterocycles. The zero-order valence-corrected chi connectivity index (χ0v) is 19.5. The van der Waals surface area contributed by atoms with Crippen molar-refractivity contribution in [1.29, 1.82) is 5.26 Å². The van der Waals surface area contributed by atoms with Crippen LogP contribution in [0.15, 0.2) is 36.4 Å². The first-order valence-electron chi connectivity index (χ1n) is 11.0. The summed E-state index contributed by atoms with van der Waals surface area (Å²) < 4.78 is 10.6. The monoisotopic (exact) mass is 444 g/mol. The summed E-state index contributed by atoms with van der Waals surface area (Å²) >= 11 is 0. The third-order valence-electron chi connectivity index (χ3n) is 6.10. The maximum Gasteiger partial charge on any atom is 0.254 e. The average Bonchev–Trinajstić information content (AvgIpc) is 3.08. The number of hydrogen-bond acceptors (Lipinski definition) is 6. The summed E-state index contributed by atoms with van der Waals surface area (Å²) in [6.07, 6.45) is 0.788. The Labute approximate surface area is 194 Å². The van der Waals surface area contributed by atoms with Crippen molar-refractivity contribution in [2.75, 3.05) is 45.3 Å². The van der Waals surface area contributed by atoms with Crippen molar-refractivity contribution in [1.82, 2.24) is 9.88 Å². The Morgan fingerprint density at radius 1 is 1.00 bits per heavy atom. The Kier molecular flexibility index (Phi) is 6.36. The van der Waals surface area contributed by atoms with Gasteiger partial charge in [-0.15, -0.1) is 0 Å². The van der Waals surface area contributed by atoms with E-state index in [0.717, 1.165) is 35.0 Å². The number of aryl methyl sites for hydroxylation is 2. The van der Waals surface area contributed by atoms with E-state index >= 15 is 0 Å². The molecular formula is C26H28N4O3. The molecule has 0 saturated carbocycles. The highest BCUT2D eigenvalue weighted by Gasteiger charge is 2.24. The highest BCUT2D eigenvalue weighted by molar-refractivity contribution is 5.95. The number of fused-ring (bicyclic) bond motifs is 1. The number of carbonyl (C=O) groups is 1. The number of rotatable bonds is 4. The lowest BCUT2D eigenvalue weighted by atomic mass is 10.0. The van der Waals surface area contributed by atoms with E-state index in [1.807, 2.05) is 17.9 Å². The Balaban J connectivity index is 1.58. The van der Waals surface area contributed by atoms with Crippen molar-refractivity contribution in [2.45, 2.75) is 20.3 Å². The number of methoxy groups -OCH3 is 2. The summed E-state index contributed by atoms with van der Waals surface area (Å²) in [5.74, 6) is 1.77. The molecule has 0 unspecified atom stereocenters. The van der Waals surface area contributed by atoms with E-state index < -0.39 is 0 Å². The van der Waals surface area contributed by atoms with Gasteiger partial charge in [0.2, 0.25) is 0 Å². The van der Waals surface area contributed by atoms with Crippen molar-refractivity contribution in [3.8, 4) is 17.6 Å². The largest absolute Gasteiger partial charge is 0.493 e. The van der Waals surface area contributed by atoms with Gasteiger partial charge in [-0.2, -0.15) is 5.26 Å². The summed E-state index contributed by atoms with van der Waals surface area (Å²) in [5, 5.41) is 10.8. The number of hydrogen-bond donors (Lipinski definition) is 0. The third-order valence-corrected chi connectivity index (χ3v) is 6.10. The van der Waals surface area contributed by atoms with E-state index in [1.54, 1.807) is 32.4 Å². The molecule has 4 rings (SSSR count). The first-order chi connectivity index (χ1) is 15.9. The molecule has 0 bridgehead atoms. The van der Waals surface area contributed by atoms with Crippen molar-refractivity contribution < 1.29 is 14.3 Å². The molecule has 1 aliphatic rings. The fourth-order valence-corrected chi connectivity index (χ4v) is 4.43. The fraction of sp³-hybridized carbons (Fsp3) is 0.346. The van der Waals surface area contributed by atoms with Gasteiger partial charge in [-0.1, -0.05) is 6.07 Å². The number of aromatic nitrogens is 1. The van der Waals surface area contributed by atoms with Crippen LogP contribution in [0.3, 0.4) is 0 Å². The van der Waals surface area contributed by atoms with E-state index in [9.17, 15) is 10.1 Å². The molecule has 1 fully saturated rings. The lowest BCUT2D eigenvalue weighted by Crippen LogP contribution is -2.35. The molecular weight excluding hydrogens is 416 g/mol. The number of nitriles is 1. The SMILES string of the molecule is COc1ccc(C(=O)N2CCCN(c3nc4cc(C)cc(C)c4cc3C#N)CC2)cc1OC. The number of pyridine rings is 1. The predicted molar refractivity (Wildman–Crippen MR) is 128 cm³/mol. The number of ether oxygens (including phenoxy) is 2. The molecule has 0 radical (unpaired) electrons. The molecule has 33 heavy (non-hydrogen) atoms. The van der Waals surface area contributed by atoms with E-state index in [-0.39, 0.29) is 5.91 Å². The quantitative estimate of drug-likeness (QED) is 0.603. The molecule has 7 nitrogen and oxygen atoms in total. The molecule has 0 aliphatic carbocycles. The van der Waals surface area contributed by atoms with Gasteiger partial charge in [0.1, 0.15) is 11.9 Å². The summed E-state index contributed by atoms with van der Waals surface area (Å²) in [6.45, 7) is 6.61. The van der Waals surface area contributed by atoms with Gasteiger partial charge in [-0.05, 0) is 61.7 Å². The summed E-state index contributed by atoms with van der Waals surface area (Å²) in [4.78, 5) is 22.0. The molecule has 1 amide bonds. The first kappa shape index (κ1) is 22.4. The van der Waals surface area contributed by atoms with Gasteiger partial charge in [0.05, 0.1) is 25.3 Å². The van der Waals surface area contributed by atoms with Crippen molar-refractivity contribution >= 4 is 22.6 Å². The van der Waals surface area contributed by atoms with Crippen molar-refractivity contribution in [3.05, 3.63) is 58.7 Å². The number of anilines is 1. The molecule has 0 spiro atoms. The molecule has 1 saturated heterocycles. The van der Waals surface area contributed by atoms with E-state index in [0.29, 0.717) is 48.1 Å². The Morgan fingerprint density at radius 2 is 1.79 bits per heavy atom. The predicted octanol–water partition coefficient (Wildman–Crippen LogP) is 4.09. The lowest BCUT2D eigenvalue weighted by molar-refractivity contribution is 0.0766. The van der Waals surface area contributed by atoms with Gasteiger partial charge >= 0.3 is 0 Å². The molecule has 7 heteroatoms. The molecule has 1 aromatic heterocycles. The van der Waals surface area contributed by atoms with Gasteiger partial charge in [0.15, 0.2) is 11.5 Å². The zero-order chi connectivity index (χ0) is 23.5. The number of carbonyl (C=O) groups excluding carboxylic acids is 1. The molecule has 2 aromatic carbocycles. The highest BCUT2D eigenvalue weighted by Crippen LogP contribution is 2.29. The van der Waals surface area contributed by atoms with Crippen LogP contribution in [0.25, 0.3) is 10.9 Å². The fourth-order valence-electron chi connectivity index (χ4n) is 4.43. The Bertz CT molecular complexity index is 1250. The van der Waals surface area contributed by atoms with Crippen molar-refractivity contribution in [3.63, 3.8) is 0 Å². The zero-order valence-electron chi connectivity index (χ0n) is 19.5. The van der Waals surface area contributed by atoms with Gasteiger partial charge in [0.25, 0.3) is 5.91 Å². The maximum atomic E-state index is 13.2. The molecule has 2 heterocycles. The minimum atomic E-state index is -0.0453. The smallest absolute Gasteiger partial charge is 0.254 e. The number of nitrogens with zero attached hydrogens (tertiary/aromatic N) is 4. The second-order valence-corrected chi connectivity index (χ2v) is 8.32. The minimum Gasteiger partial charge on any atom is -0.493 e. The van der Waals surface area contributed by atoms with Crippen LogP contribution in [0.5, 0.6) is 11.5 Å². The van der Waals surface area contributed by atoms with Gasteiger partial charge in [-0.3, -0.25) is 4.79 Å². The van der Waals surface area contributed by atoms with Crippen LogP contribution in [0.4, 0.5) is 5.82 Å². The third kappa shape index (κ3) is 4.42. The second kappa shape index (κ2) is 9.37. The van der Waals surface area contributed by atoms with Crippen LogP contribution < -0.4 is 14.4 Å². The molecule has 3 aromatic rings. The van der Waals surface area contributed by atoms with Crippen LogP contribution in [0, 0.1) is 25.2 Å². The first-order valence-corrected chi connectivity index (χ1v) is 11.0. The van der Waals surface area contributed by atoms with Crippen molar-refractivity contribution in [2.24, 2.45) is 0 Å². The molecule has 170 valence electrons. The van der Waals surface area contributed by atoms with Crippen LogP contribution in [-0.2, 0) is 0 Å². The highest BCUT2D eigenvalue weighted by atomic mass is 16.5. The van der Waals surface area contributed by atoms with E-state index in [1.165, 1.54) is 0 Å². The topological polar surface area (TPSA) is 78.7 Å². The molecule has 0 atom stereocenters. The van der Waals surface area contributed by atoms with Crippen LogP contribution >= 0.6 is 0 Å². The van der Waals surface area contributed by atoms with Crippen LogP contribution in [0.1, 0.15) is 33.5 Å². The van der Waals surface area contributed by atoms with E-state index in [4.69, 9.17) is 14.5 Å². The standard InChI is InChI=1S/C26H28N4O3/c1-17-12-18(2)21-14-20(16-27)25(28-22(21)13-17)29-8-5-9-30(11-10-29)26(31)19-6-7-23(32-3)24(15-19)33-4/h6-7,12-15H,5,8-11H2,1-4H3. The second-order valence-electron chi connectivity index (χ2n) is 8.32. The number of amides is 1. The van der Waals surface area contributed by atoms with Gasteiger partial charge in [-0.25, -0.2) is 4.98 Å². The summed E-state index contributed by atoms with van der Waals surface area (Å²) in [5.41, 5.74) is 4.28. The Hall–Kier alpha value is -3.79. The average molecular weight is 445 g/mol. The Morgan fingerprint density at radius 3 is 2.52 bits per heavy atom. The van der Waals surface area contributed by atoms with Crippen LogP contribution in [0.2, 0.25) is 0 Å².